The largest absolute Gasteiger partial charge is 0.444 e. The van der Waals surface area contributed by atoms with Gasteiger partial charge in [0.1, 0.15) is 17.7 Å². The monoisotopic (exact) mass is 592 g/mol. The highest BCUT2D eigenvalue weighted by Gasteiger charge is 2.54. The second-order valence-corrected chi connectivity index (χ2v) is 13.8. The Morgan fingerprint density at radius 1 is 1.16 bits per heavy atom. The molecule has 3 heterocycles. The lowest BCUT2D eigenvalue weighted by molar-refractivity contribution is -0.142. The summed E-state index contributed by atoms with van der Waals surface area (Å²) in [6.45, 7) is 9.98. The quantitative estimate of drug-likeness (QED) is 0.538. The van der Waals surface area contributed by atoms with E-state index in [0.717, 1.165) is 24.0 Å². The van der Waals surface area contributed by atoms with Gasteiger partial charge in [-0.3, -0.25) is 19.3 Å². The van der Waals surface area contributed by atoms with Crippen LogP contribution in [0.2, 0.25) is 0 Å². The number of hydrogen-bond acceptors (Lipinski definition) is 7. The third-order valence-corrected chi connectivity index (χ3v) is 9.50. The second kappa shape index (κ2) is 11.5. The molecule has 6 unspecified atom stereocenters. The molecule has 0 saturated carbocycles. The van der Waals surface area contributed by atoms with Crippen LogP contribution in [0.5, 0.6) is 0 Å². The molecule has 3 fully saturated rings. The van der Waals surface area contributed by atoms with E-state index >= 15 is 0 Å². The number of alkyl carbamates (subject to hydrolysis) is 1. The SMILES string of the molecule is CC1CC(C#N)N(C(=O)C(CN2C[C@@H]3CC2C(=O)N3C2CCc3cc(C(=O)N(C)C)ccc32)NC(=O)OC(C)(C)C)C1C. The van der Waals surface area contributed by atoms with E-state index in [0.29, 0.717) is 24.9 Å². The van der Waals surface area contributed by atoms with Crippen molar-refractivity contribution in [2.24, 2.45) is 5.92 Å². The zero-order valence-electron chi connectivity index (χ0n) is 26.3. The minimum Gasteiger partial charge on any atom is -0.444 e. The maximum Gasteiger partial charge on any atom is 0.408 e. The molecule has 3 aliphatic heterocycles. The number of piperazine rings is 1. The van der Waals surface area contributed by atoms with Crippen molar-refractivity contribution in [2.75, 3.05) is 27.2 Å². The summed E-state index contributed by atoms with van der Waals surface area (Å²) in [5.74, 6) is -0.181. The van der Waals surface area contributed by atoms with E-state index < -0.39 is 23.8 Å². The third-order valence-electron chi connectivity index (χ3n) is 9.50. The Hall–Kier alpha value is -3.65. The van der Waals surface area contributed by atoms with Crippen LogP contribution < -0.4 is 5.32 Å². The molecular formula is C32H44N6O5. The minimum atomic E-state index is -0.959. The van der Waals surface area contributed by atoms with Gasteiger partial charge in [-0.1, -0.05) is 13.0 Å². The highest BCUT2D eigenvalue weighted by atomic mass is 16.6. The van der Waals surface area contributed by atoms with Gasteiger partial charge in [0.15, 0.2) is 0 Å². The van der Waals surface area contributed by atoms with Crippen LogP contribution in [-0.2, 0) is 20.7 Å². The Bertz CT molecular complexity index is 1350. The number of hydrogen-bond donors (Lipinski definition) is 1. The Kier molecular flexibility index (Phi) is 8.20. The van der Waals surface area contributed by atoms with Gasteiger partial charge in [-0.2, -0.15) is 5.26 Å². The topological polar surface area (TPSA) is 126 Å². The summed E-state index contributed by atoms with van der Waals surface area (Å²) in [4.78, 5) is 60.2. The third kappa shape index (κ3) is 5.81. The first-order valence-corrected chi connectivity index (χ1v) is 15.3. The first kappa shape index (κ1) is 30.8. The van der Waals surface area contributed by atoms with Gasteiger partial charge in [-0.15, -0.1) is 0 Å². The summed E-state index contributed by atoms with van der Waals surface area (Å²) in [5.41, 5.74) is 2.11. The molecule has 5 rings (SSSR count). The Morgan fingerprint density at radius 2 is 1.88 bits per heavy atom. The van der Waals surface area contributed by atoms with Crippen LogP contribution in [0.25, 0.3) is 0 Å². The molecule has 4 amide bonds. The van der Waals surface area contributed by atoms with Crippen molar-refractivity contribution >= 4 is 23.8 Å². The van der Waals surface area contributed by atoms with E-state index in [2.05, 4.69) is 11.4 Å². The maximum atomic E-state index is 13.9. The van der Waals surface area contributed by atoms with E-state index in [1.807, 2.05) is 41.8 Å². The van der Waals surface area contributed by atoms with Gasteiger partial charge in [0.05, 0.1) is 18.2 Å². The predicted octanol–water partition coefficient (Wildman–Crippen LogP) is 2.70. The van der Waals surface area contributed by atoms with Crippen molar-refractivity contribution < 1.29 is 23.9 Å². The van der Waals surface area contributed by atoms with Crippen molar-refractivity contribution in [3.63, 3.8) is 0 Å². The average molecular weight is 593 g/mol. The van der Waals surface area contributed by atoms with Crippen molar-refractivity contribution in [1.82, 2.24) is 24.9 Å². The first-order chi connectivity index (χ1) is 20.2. The fourth-order valence-corrected chi connectivity index (χ4v) is 7.31. The van der Waals surface area contributed by atoms with E-state index in [-0.39, 0.29) is 54.4 Å². The van der Waals surface area contributed by atoms with Gasteiger partial charge in [-0.05, 0) is 82.6 Å². The van der Waals surface area contributed by atoms with Gasteiger partial charge < -0.3 is 24.8 Å². The molecule has 2 bridgehead atoms. The number of fused-ring (bicyclic) bond motifs is 3. The second-order valence-electron chi connectivity index (χ2n) is 13.8. The van der Waals surface area contributed by atoms with Crippen LogP contribution in [0.3, 0.4) is 0 Å². The average Bonchev–Trinajstić information content (AvgIpc) is 3.68. The molecule has 232 valence electrons. The normalized spacial score (nSPS) is 28.9. The number of carbonyl (C=O) groups excluding carboxylic acids is 4. The van der Waals surface area contributed by atoms with E-state index in [1.165, 1.54) is 0 Å². The summed E-state index contributed by atoms with van der Waals surface area (Å²) < 4.78 is 5.48. The summed E-state index contributed by atoms with van der Waals surface area (Å²) in [6.07, 6.45) is 2.16. The lowest BCUT2D eigenvalue weighted by Crippen LogP contribution is -2.59. The van der Waals surface area contributed by atoms with Crippen molar-refractivity contribution in [2.45, 2.75) is 102 Å². The molecule has 1 aliphatic carbocycles. The van der Waals surface area contributed by atoms with Crippen LogP contribution in [0.1, 0.15) is 81.4 Å². The molecule has 11 heteroatoms. The minimum absolute atomic E-state index is 0.00796. The van der Waals surface area contributed by atoms with E-state index in [4.69, 9.17) is 4.74 Å². The molecule has 7 atom stereocenters. The number of nitriles is 1. The van der Waals surface area contributed by atoms with Crippen LogP contribution in [0.15, 0.2) is 18.2 Å². The lowest BCUT2D eigenvalue weighted by Gasteiger charge is -2.39. The molecule has 43 heavy (non-hydrogen) atoms. The highest BCUT2D eigenvalue weighted by Crippen LogP contribution is 2.44. The summed E-state index contributed by atoms with van der Waals surface area (Å²) >= 11 is 0. The van der Waals surface area contributed by atoms with Gasteiger partial charge in [0.2, 0.25) is 11.8 Å². The number of carbonyl (C=O) groups is 4. The van der Waals surface area contributed by atoms with Crippen molar-refractivity contribution in [1.29, 1.82) is 5.26 Å². The fourth-order valence-electron chi connectivity index (χ4n) is 7.31. The molecule has 3 saturated heterocycles. The molecular weight excluding hydrogens is 548 g/mol. The maximum absolute atomic E-state index is 13.9. The lowest BCUT2D eigenvalue weighted by atomic mass is 10.0. The van der Waals surface area contributed by atoms with Gasteiger partial charge >= 0.3 is 6.09 Å². The smallest absolute Gasteiger partial charge is 0.408 e. The predicted molar refractivity (Wildman–Crippen MR) is 159 cm³/mol. The van der Waals surface area contributed by atoms with Crippen LogP contribution in [0.4, 0.5) is 4.79 Å². The Balaban J connectivity index is 1.32. The molecule has 4 aliphatic rings. The number of ether oxygens (including phenoxy) is 1. The first-order valence-electron chi connectivity index (χ1n) is 15.3. The summed E-state index contributed by atoms with van der Waals surface area (Å²) in [5, 5.41) is 12.5. The number of nitrogens with zero attached hydrogens (tertiary/aromatic N) is 5. The van der Waals surface area contributed by atoms with Gasteiger partial charge in [-0.25, -0.2) is 4.79 Å². The zero-order valence-corrected chi connectivity index (χ0v) is 26.3. The number of nitrogens with one attached hydrogen (secondary N) is 1. The van der Waals surface area contributed by atoms with Crippen LogP contribution in [0, 0.1) is 17.2 Å². The standard InChI is InChI=1S/C32H44N6O5/c1-18-12-22(15-33)37(19(18)2)29(40)25(34-31(42)43-32(3,4)5)17-36-16-23-14-27(36)30(41)38(23)26-11-9-20-13-21(8-10-24(20)26)28(39)35(6)7/h8,10,13,18-19,22-23,25-27H,9,11-12,14,16-17H2,1-7H3,(H,34,42)/t18?,19?,22?,23-,25?,26?,27?/m0/s1. The van der Waals surface area contributed by atoms with Gasteiger partial charge in [0, 0.05) is 44.8 Å². The molecule has 0 aromatic heterocycles. The van der Waals surface area contributed by atoms with Crippen LogP contribution >= 0.6 is 0 Å². The van der Waals surface area contributed by atoms with Crippen molar-refractivity contribution in [3.05, 3.63) is 34.9 Å². The molecule has 11 nitrogen and oxygen atoms in total. The van der Waals surface area contributed by atoms with Crippen molar-refractivity contribution in [3.8, 4) is 6.07 Å². The Labute approximate surface area is 254 Å². The zero-order chi connectivity index (χ0) is 31.4. The summed E-state index contributed by atoms with van der Waals surface area (Å²) in [6, 6.07) is 5.94. The Morgan fingerprint density at radius 3 is 2.51 bits per heavy atom. The highest BCUT2D eigenvalue weighted by molar-refractivity contribution is 5.94. The molecule has 0 spiro atoms. The van der Waals surface area contributed by atoms with Crippen LogP contribution in [-0.4, -0.2) is 106 Å². The molecule has 1 aromatic rings. The number of rotatable bonds is 6. The molecule has 1 aromatic carbocycles. The van der Waals surface area contributed by atoms with E-state index in [1.54, 1.807) is 44.7 Å². The number of amides is 4. The summed E-state index contributed by atoms with van der Waals surface area (Å²) in [7, 11) is 3.47. The number of benzene rings is 1. The molecule has 1 N–H and O–H groups in total. The molecule has 0 radical (unpaired) electrons. The number of likely N-dealkylation sites (tertiary alicyclic amines) is 3. The number of aryl methyl sites for hydroxylation is 1. The van der Waals surface area contributed by atoms with Gasteiger partial charge in [0.25, 0.3) is 5.91 Å². The fraction of sp³-hybridized carbons (Fsp3) is 0.656. The van der Waals surface area contributed by atoms with E-state index in [9.17, 15) is 24.4 Å².